The van der Waals surface area contributed by atoms with E-state index in [1.165, 1.54) is 43.4 Å². The fourth-order valence-corrected chi connectivity index (χ4v) is 3.81. The molecule has 2 heteroatoms. The van der Waals surface area contributed by atoms with E-state index in [0.29, 0.717) is 6.04 Å². The van der Waals surface area contributed by atoms with Crippen LogP contribution in [0.1, 0.15) is 49.8 Å². The molecule has 1 aliphatic carbocycles. The van der Waals surface area contributed by atoms with Crippen LogP contribution in [0.15, 0.2) is 24.3 Å². The standard InChI is InChI=1S/C18H28N2/c1-3-14-6-8-15(9-7-14)18-16(13-19-2)5-4-12-20(18)17-10-11-17/h6-9,16-19H,3-5,10-13H2,1-2H3. The highest BCUT2D eigenvalue weighted by molar-refractivity contribution is 5.26. The number of rotatable bonds is 5. The maximum absolute atomic E-state index is 3.41. The Morgan fingerprint density at radius 2 is 1.90 bits per heavy atom. The van der Waals surface area contributed by atoms with Crippen molar-refractivity contribution in [1.82, 2.24) is 10.2 Å². The molecule has 2 unspecified atom stereocenters. The molecule has 0 amide bonds. The van der Waals surface area contributed by atoms with Gasteiger partial charge in [0.1, 0.15) is 0 Å². The second kappa shape index (κ2) is 6.28. The molecule has 20 heavy (non-hydrogen) atoms. The Bertz CT molecular complexity index is 420. The summed E-state index contributed by atoms with van der Waals surface area (Å²) in [6.45, 7) is 4.67. The minimum absolute atomic E-state index is 0.634. The van der Waals surface area contributed by atoms with E-state index in [2.05, 4.69) is 48.5 Å². The molecule has 2 atom stereocenters. The second-order valence-electron chi connectivity index (χ2n) is 6.47. The summed E-state index contributed by atoms with van der Waals surface area (Å²) in [5.74, 6) is 0.766. The molecule has 1 aliphatic heterocycles. The van der Waals surface area contributed by atoms with Gasteiger partial charge in [0, 0.05) is 12.1 Å². The summed E-state index contributed by atoms with van der Waals surface area (Å²) >= 11 is 0. The van der Waals surface area contributed by atoms with Gasteiger partial charge in [-0.1, -0.05) is 31.2 Å². The first-order chi connectivity index (χ1) is 9.83. The van der Waals surface area contributed by atoms with Gasteiger partial charge in [-0.15, -0.1) is 0 Å². The average molecular weight is 272 g/mol. The van der Waals surface area contributed by atoms with E-state index >= 15 is 0 Å². The topological polar surface area (TPSA) is 15.3 Å². The molecule has 1 heterocycles. The molecule has 0 aromatic heterocycles. The molecule has 2 fully saturated rings. The molecular formula is C18H28N2. The third-order valence-electron chi connectivity index (χ3n) is 5.01. The summed E-state index contributed by atoms with van der Waals surface area (Å²) in [5.41, 5.74) is 2.99. The Morgan fingerprint density at radius 3 is 2.50 bits per heavy atom. The van der Waals surface area contributed by atoms with E-state index < -0.39 is 0 Å². The number of aryl methyl sites for hydroxylation is 1. The number of hydrogen-bond acceptors (Lipinski definition) is 2. The van der Waals surface area contributed by atoms with Gasteiger partial charge in [-0.25, -0.2) is 0 Å². The first-order valence-corrected chi connectivity index (χ1v) is 8.32. The van der Waals surface area contributed by atoms with Crippen LogP contribution >= 0.6 is 0 Å². The van der Waals surface area contributed by atoms with Crippen molar-refractivity contribution >= 4 is 0 Å². The van der Waals surface area contributed by atoms with E-state index in [-0.39, 0.29) is 0 Å². The van der Waals surface area contributed by atoms with Crippen molar-refractivity contribution < 1.29 is 0 Å². The van der Waals surface area contributed by atoms with Gasteiger partial charge in [0.2, 0.25) is 0 Å². The van der Waals surface area contributed by atoms with Gasteiger partial charge in [0.15, 0.2) is 0 Å². The van der Waals surface area contributed by atoms with Crippen LogP contribution in [0.25, 0.3) is 0 Å². The van der Waals surface area contributed by atoms with Gasteiger partial charge >= 0.3 is 0 Å². The molecule has 1 N–H and O–H groups in total. The molecule has 1 saturated carbocycles. The molecule has 0 bridgehead atoms. The molecule has 2 nitrogen and oxygen atoms in total. The summed E-state index contributed by atoms with van der Waals surface area (Å²) in [5, 5.41) is 3.41. The SMILES string of the molecule is CCc1ccc(C2C(CNC)CCCN2C2CC2)cc1. The van der Waals surface area contributed by atoms with Crippen LogP contribution in [-0.2, 0) is 6.42 Å². The van der Waals surface area contributed by atoms with Gasteiger partial charge in [-0.05, 0) is 69.3 Å². The van der Waals surface area contributed by atoms with Crippen molar-refractivity contribution in [3.05, 3.63) is 35.4 Å². The Labute approximate surface area is 123 Å². The van der Waals surface area contributed by atoms with Crippen LogP contribution in [0.3, 0.4) is 0 Å². The lowest BCUT2D eigenvalue weighted by molar-refractivity contribution is 0.0845. The zero-order chi connectivity index (χ0) is 13.9. The number of benzene rings is 1. The minimum atomic E-state index is 0.634. The van der Waals surface area contributed by atoms with E-state index in [4.69, 9.17) is 0 Å². The van der Waals surface area contributed by atoms with Crippen molar-refractivity contribution in [1.29, 1.82) is 0 Å². The third kappa shape index (κ3) is 2.91. The smallest absolute Gasteiger partial charge is 0.0391 e. The highest BCUT2D eigenvalue weighted by Crippen LogP contribution is 2.42. The quantitative estimate of drug-likeness (QED) is 0.884. The van der Waals surface area contributed by atoms with Crippen molar-refractivity contribution in [3.63, 3.8) is 0 Å². The number of nitrogens with zero attached hydrogens (tertiary/aromatic N) is 1. The maximum Gasteiger partial charge on any atom is 0.0391 e. The normalized spacial score (nSPS) is 27.7. The third-order valence-corrected chi connectivity index (χ3v) is 5.01. The number of likely N-dealkylation sites (tertiary alicyclic amines) is 1. The fraction of sp³-hybridized carbons (Fsp3) is 0.667. The molecule has 2 aliphatic rings. The molecule has 1 aromatic carbocycles. The minimum Gasteiger partial charge on any atom is -0.319 e. The number of piperidine rings is 1. The first kappa shape index (κ1) is 14.1. The summed E-state index contributed by atoms with van der Waals surface area (Å²) in [6, 6.07) is 10.9. The molecule has 0 spiro atoms. The Kier molecular flexibility index (Phi) is 4.42. The Morgan fingerprint density at radius 1 is 1.15 bits per heavy atom. The predicted molar refractivity (Wildman–Crippen MR) is 84.9 cm³/mol. The van der Waals surface area contributed by atoms with E-state index in [0.717, 1.165) is 24.9 Å². The summed E-state index contributed by atoms with van der Waals surface area (Å²) in [4.78, 5) is 2.80. The maximum atomic E-state index is 3.41. The Balaban J connectivity index is 1.85. The first-order valence-electron chi connectivity index (χ1n) is 8.32. The lowest BCUT2D eigenvalue weighted by atomic mass is 9.84. The van der Waals surface area contributed by atoms with Gasteiger partial charge in [-0.3, -0.25) is 4.90 Å². The van der Waals surface area contributed by atoms with E-state index in [9.17, 15) is 0 Å². The fourth-order valence-electron chi connectivity index (χ4n) is 3.81. The van der Waals surface area contributed by atoms with Gasteiger partial charge in [-0.2, -0.15) is 0 Å². The van der Waals surface area contributed by atoms with Crippen molar-refractivity contribution in [2.45, 2.75) is 51.1 Å². The summed E-state index contributed by atoms with van der Waals surface area (Å²) < 4.78 is 0. The van der Waals surface area contributed by atoms with Crippen LogP contribution < -0.4 is 5.32 Å². The van der Waals surface area contributed by atoms with Crippen LogP contribution in [0.2, 0.25) is 0 Å². The summed E-state index contributed by atoms with van der Waals surface area (Å²) in [6.07, 6.45) is 6.69. The van der Waals surface area contributed by atoms with Gasteiger partial charge in [0.05, 0.1) is 0 Å². The largest absolute Gasteiger partial charge is 0.319 e. The van der Waals surface area contributed by atoms with E-state index in [1.807, 2.05) is 0 Å². The molecule has 0 radical (unpaired) electrons. The molecule has 1 aromatic rings. The van der Waals surface area contributed by atoms with E-state index in [1.54, 1.807) is 0 Å². The average Bonchev–Trinajstić information content (AvgIpc) is 3.32. The number of hydrogen-bond donors (Lipinski definition) is 1. The van der Waals surface area contributed by atoms with Crippen molar-refractivity contribution in [2.24, 2.45) is 5.92 Å². The zero-order valence-electron chi connectivity index (χ0n) is 12.9. The predicted octanol–water partition coefficient (Wildman–Crippen LogP) is 3.38. The Hall–Kier alpha value is -0.860. The molecule has 3 rings (SSSR count). The van der Waals surface area contributed by atoms with Gasteiger partial charge < -0.3 is 5.32 Å². The lowest BCUT2D eigenvalue weighted by Crippen LogP contribution is -2.43. The van der Waals surface area contributed by atoms with Crippen LogP contribution in [0.4, 0.5) is 0 Å². The lowest BCUT2D eigenvalue weighted by Gasteiger charge is -2.42. The number of nitrogens with one attached hydrogen (secondary N) is 1. The summed E-state index contributed by atoms with van der Waals surface area (Å²) in [7, 11) is 2.09. The second-order valence-corrected chi connectivity index (χ2v) is 6.47. The van der Waals surface area contributed by atoms with Gasteiger partial charge in [0.25, 0.3) is 0 Å². The molecule has 110 valence electrons. The van der Waals surface area contributed by atoms with Crippen molar-refractivity contribution in [2.75, 3.05) is 20.1 Å². The van der Waals surface area contributed by atoms with Crippen LogP contribution in [0.5, 0.6) is 0 Å². The van der Waals surface area contributed by atoms with Crippen molar-refractivity contribution in [3.8, 4) is 0 Å². The highest BCUT2D eigenvalue weighted by Gasteiger charge is 2.40. The monoisotopic (exact) mass is 272 g/mol. The highest BCUT2D eigenvalue weighted by atomic mass is 15.2. The molecular weight excluding hydrogens is 244 g/mol. The van der Waals surface area contributed by atoms with Crippen LogP contribution in [-0.4, -0.2) is 31.1 Å². The molecule has 1 saturated heterocycles. The van der Waals surface area contributed by atoms with Crippen LogP contribution in [0, 0.1) is 5.92 Å². The zero-order valence-corrected chi connectivity index (χ0v) is 12.9.